The van der Waals surface area contributed by atoms with Gasteiger partial charge in [0.25, 0.3) is 0 Å². The molecule has 1 aliphatic rings. The zero-order chi connectivity index (χ0) is 22.1. The van der Waals surface area contributed by atoms with E-state index in [0.717, 1.165) is 6.42 Å². The smallest absolute Gasteiger partial charge is 0.248 e. The summed E-state index contributed by atoms with van der Waals surface area (Å²) in [7, 11) is 0. The molecule has 1 aliphatic heterocycles. The maximum absolute atomic E-state index is 12.0. The van der Waals surface area contributed by atoms with E-state index in [4.69, 9.17) is 17.2 Å². The highest BCUT2D eigenvalue weighted by atomic mass is 16.2. The average Bonchev–Trinajstić information content (AvgIpc) is 2.71. The van der Waals surface area contributed by atoms with Gasteiger partial charge in [0.2, 0.25) is 23.6 Å². The molecule has 4 amide bonds. The van der Waals surface area contributed by atoms with Gasteiger partial charge in [0.05, 0.1) is 0 Å². The van der Waals surface area contributed by atoms with Crippen molar-refractivity contribution < 1.29 is 19.2 Å². The molecule has 0 aliphatic carbocycles. The van der Waals surface area contributed by atoms with Crippen molar-refractivity contribution in [2.45, 2.75) is 38.8 Å². The van der Waals surface area contributed by atoms with E-state index >= 15 is 0 Å². The molecule has 3 rings (SSSR count). The Morgan fingerprint density at radius 2 is 1.23 bits per heavy atom. The first-order valence-corrected chi connectivity index (χ1v) is 9.60. The number of amides is 4. The molecular weight excluding hydrogens is 384 g/mol. The molecule has 158 valence electrons. The van der Waals surface area contributed by atoms with Crippen LogP contribution in [0.1, 0.15) is 57.5 Å². The van der Waals surface area contributed by atoms with Crippen molar-refractivity contribution in [3.8, 4) is 0 Å². The van der Waals surface area contributed by atoms with Gasteiger partial charge in [0, 0.05) is 37.1 Å². The van der Waals surface area contributed by atoms with Crippen molar-refractivity contribution in [1.82, 2.24) is 4.90 Å². The Hall–Kier alpha value is -3.68. The minimum absolute atomic E-state index is 0.159. The average molecular weight is 410 g/mol. The van der Waals surface area contributed by atoms with E-state index in [9.17, 15) is 19.2 Å². The van der Waals surface area contributed by atoms with Crippen LogP contribution in [0, 0.1) is 0 Å². The van der Waals surface area contributed by atoms with E-state index in [1.807, 2.05) is 23.1 Å². The first-order valence-electron chi connectivity index (χ1n) is 9.60. The largest absolute Gasteiger partial charge is 0.370 e. The molecule has 6 N–H and O–H groups in total. The van der Waals surface area contributed by atoms with Gasteiger partial charge >= 0.3 is 0 Å². The van der Waals surface area contributed by atoms with Crippen LogP contribution in [-0.4, -0.2) is 28.5 Å². The lowest BCUT2D eigenvalue weighted by Crippen LogP contribution is -2.32. The van der Waals surface area contributed by atoms with Crippen LogP contribution in [0.3, 0.4) is 0 Å². The molecule has 0 unspecified atom stereocenters. The maximum Gasteiger partial charge on any atom is 0.248 e. The number of hydrogen-bond acceptors (Lipinski definition) is 4. The second-order valence-corrected chi connectivity index (χ2v) is 7.05. The van der Waals surface area contributed by atoms with Crippen LogP contribution in [0.4, 0.5) is 0 Å². The number of hydrogen-bond donors (Lipinski definition) is 3. The molecular formula is C22H26N4O4. The Morgan fingerprint density at radius 1 is 0.733 bits per heavy atom. The Kier molecular flexibility index (Phi) is 8.10. The van der Waals surface area contributed by atoms with Gasteiger partial charge in [-0.2, -0.15) is 0 Å². The number of fused-ring (bicyclic) bond motifs is 2. The van der Waals surface area contributed by atoms with Crippen LogP contribution in [0.2, 0.25) is 0 Å². The second-order valence-electron chi connectivity index (χ2n) is 7.05. The lowest BCUT2D eigenvalue weighted by molar-refractivity contribution is -0.133. The highest BCUT2D eigenvalue weighted by Crippen LogP contribution is 2.19. The quantitative estimate of drug-likeness (QED) is 0.592. The van der Waals surface area contributed by atoms with Crippen molar-refractivity contribution in [1.29, 1.82) is 0 Å². The number of rotatable bonds is 7. The summed E-state index contributed by atoms with van der Waals surface area (Å²) in [5.41, 5.74) is 18.0. The van der Waals surface area contributed by atoms with E-state index in [-0.39, 0.29) is 22.9 Å². The van der Waals surface area contributed by atoms with Crippen LogP contribution in [0.5, 0.6) is 0 Å². The van der Waals surface area contributed by atoms with Crippen LogP contribution in [0.25, 0.3) is 0 Å². The minimum atomic E-state index is -0.571. The zero-order valence-corrected chi connectivity index (χ0v) is 16.7. The summed E-state index contributed by atoms with van der Waals surface area (Å²) < 4.78 is 0. The lowest BCUT2D eigenvalue weighted by atomic mass is 10.0. The highest BCUT2D eigenvalue weighted by molar-refractivity contribution is 5.98. The third kappa shape index (κ3) is 7.05. The Balaban J connectivity index is 0.000000232. The minimum Gasteiger partial charge on any atom is -0.370 e. The van der Waals surface area contributed by atoms with Crippen molar-refractivity contribution in [3.63, 3.8) is 0 Å². The van der Waals surface area contributed by atoms with Crippen molar-refractivity contribution in [3.05, 3.63) is 70.8 Å². The van der Waals surface area contributed by atoms with Crippen molar-refractivity contribution >= 4 is 23.6 Å². The van der Waals surface area contributed by atoms with Gasteiger partial charge in [0.1, 0.15) is 0 Å². The molecule has 30 heavy (non-hydrogen) atoms. The molecule has 0 fully saturated rings. The van der Waals surface area contributed by atoms with E-state index in [0.29, 0.717) is 32.4 Å². The van der Waals surface area contributed by atoms with Gasteiger partial charge in [-0.05, 0) is 42.2 Å². The Bertz CT molecular complexity index is 892. The third-order valence-electron chi connectivity index (χ3n) is 4.59. The van der Waals surface area contributed by atoms with E-state index in [1.165, 1.54) is 29.3 Å². The van der Waals surface area contributed by atoms with Crippen LogP contribution < -0.4 is 17.2 Å². The molecule has 8 nitrogen and oxygen atoms in total. The first-order chi connectivity index (χ1) is 14.3. The molecule has 8 heteroatoms. The maximum atomic E-state index is 12.0. The molecule has 1 heterocycles. The van der Waals surface area contributed by atoms with Gasteiger partial charge in [-0.25, -0.2) is 0 Å². The summed E-state index contributed by atoms with van der Waals surface area (Å²) in [4.78, 5) is 45.7. The molecule has 0 spiro atoms. The molecule has 0 saturated heterocycles. The van der Waals surface area contributed by atoms with Gasteiger partial charge in [-0.1, -0.05) is 30.3 Å². The van der Waals surface area contributed by atoms with Crippen molar-refractivity contribution in [2.75, 3.05) is 0 Å². The normalized spacial score (nSPS) is 11.8. The second kappa shape index (κ2) is 10.8. The van der Waals surface area contributed by atoms with Gasteiger partial charge in [-0.3, -0.25) is 19.2 Å². The van der Waals surface area contributed by atoms with E-state index in [1.54, 1.807) is 6.07 Å². The van der Waals surface area contributed by atoms with Gasteiger partial charge in [0.15, 0.2) is 0 Å². The molecule has 0 aromatic heterocycles. The van der Waals surface area contributed by atoms with Crippen LogP contribution >= 0.6 is 0 Å². The molecule has 0 radical (unpaired) electrons. The molecule has 2 aromatic carbocycles. The fourth-order valence-electron chi connectivity index (χ4n) is 3.06. The number of nitrogens with two attached hydrogens (primary N) is 3. The Morgan fingerprint density at radius 3 is 1.73 bits per heavy atom. The van der Waals surface area contributed by atoms with Crippen molar-refractivity contribution in [2.24, 2.45) is 17.2 Å². The summed E-state index contributed by atoms with van der Waals surface area (Å²) in [6.45, 7) is 1.39. The fraction of sp³-hybridized carbons (Fsp3) is 0.273. The number of benzene rings is 2. The molecule has 2 aromatic rings. The lowest BCUT2D eigenvalue weighted by Gasteiger charge is -2.27. The first kappa shape index (κ1) is 22.6. The number of carbonyl (C=O) groups is 4. The van der Waals surface area contributed by atoms with Crippen LogP contribution in [-0.2, 0) is 22.7 Å². The number of nitrogens with zero attached hydrogens (tertiary/aromatic N) is 1. The summed E-state index contributed by atoms with van der Waals surface area (Å²) in [5, 5.41) is 0. The van der Waals surface area contributed by atoms with Gasteiger partial charge < -0.3 is 22.1 Å². The van der Waals surface area contributed by atoms with E-state index < -0.39 is 11.8 Å². The fourth-order valence-corrected chi connectivity index (χ4v) is 3.06. The number of unbranched alkanes of at least 4 members (excludes halogenated alkanes) is 1. The predicted molar refractivity (Wildman–Crippen MR) is 112 cm³/mol. The summed E-state index contributed by atoms with van der Waals surface area (Å²) in [6, 6.07) is 14.2. The molecule has 2 bridgehead atoms. The highest BCUT2D eigenvalue weighted by Gasteiger charge is 2.18. The standard InChI is InChI=1S/C14H18N2O2.C8H8N2O2/c15-13(17)6-1-2-7-14(18)16-9-11-4-3-5-12(8-11)10-16;9-7(11)5-2-1-3-6(4-5)8(10)12/h3-5,8H,1-2,6-7,9-10H2,(H2,15,17);1-4H,(H2,9,11)(H2,10,12). The topological polar surface area (TPSA) is 150 Å². The molecule has 0 atom stereocenters. The third-order valence-corrected chi connectivity index (χ3v) is 4.59. The monoisotopic (exact) mass is 410 g/mol. The summed E-state index contributed by atoms with van der Waals surface area (Å²) >= 11 is 0. The van der Waals surface area contributed by atoms with Gasteiger partial charge in [-0.15, -0.1) is 0 Å². The summed E-state index contributed by atoms with van der Waals surface area (Å²) in [5.74, 6) is -1.28. The summed E-state index contributed by atoms with van der Waals surface area (Å²) in [6.07, 6.45) is 2.29. The number of carbonyl (C=O) groups excluding carboxylic acids is 4. The predicted octanol–water partition coefficient (Wildman–Crippen LogP) is 1.46. The van der Waals surface area contributed by atoms with E-state index in [2.05, 4.69) is 6.07 Å². The SMILES string of the molecule is NC(=O)CCCCC(=O)N1Cc2cccc(c2)C1.NC(=O)c1cccc(C(N)=O)c1. The Labute approximate surface area is 175 Å². The van der Waals surface area contributed by atoms with Crippen LogP contribution in [0.15, 0.2) is 48.5 Å². The number of primary amides is 3. The zero-order valence-electron chi connectivity index (χ0n) is 16.7. The molecule has 0 saturated carbocycles.